The van der Waals surface area contributed by atoms with Gasteiger partial charge in [-0.05, 0) is 24.6 Å². The molecule has 7 heteroatoms. The molecule has 0 aromatic heterocycles. The molecule has 110 valence electrons. The summed E-state index contributed by atoms with van der Waals surface area (Å²) in [5.74, 6) is -0.197. The average Bonchev–Trinajstić information content (AvgIpc) is 2.40. The topological polar surface area (TPSA) is 87.9 Å². The van der Waals surface area contributed by atoms with Gasteiger partial charge in [-0.2, -0.15) is 0 Å². The quantitative estimate of drug-likeness (QED) is 0.788. The van der Waals surface area contributed by atoms with Crippen molar-refractivity contribution in [2.45, 2.75) is 19.4 Å². The van der Waals surface area contributed by atoms with Crippen LogP contribution in [0.25, 0.3) is 0 Å². The Hall–Kier alpha value is -1.76. The lowest BCUT2D eigenvalue weighted by molar-refractivity contribution is -0.153. The van der Waals surface area contributed by atoms with Crippen LogP contribution >= 0.6 is 15.9 Å². The Morgan fingerprint density at radius 1 is 1.25 bits per heavy atom. The van der Waals surface area contributed by atoms with Crippen molar-refractivity contribution in [3.05, 3.63) is 22.2 Å². The molecule has 1 rings (SSSR count). The van der Waals surface area contributed by atoms with E-state index in [0.29, 0.717) is 21.5 Å². The predicted octanol–water partition coefficient (Wildman–Crippen LogP) is 1.43. The van der Waals surface area contributed by atoms with Crippen molar-refractivity contribution in [2.75, 3.05) is 14.2 Å². The smallest absolute Gasteiger partial charge is 0.311 e. The maximum absolute atomic E-state index is 11.7. The first-order valence-electron chi connectivity index (χ1n) is 5.78. The Kier molecular flexibility index (Phi) is 5.82. The molecule has 1 amide bonds. The molecular formula is C13H16BrNO5. The van der Waals surface area contributed by atoms with Crippen LogP contribution in [0.4, 0.5) is 0 Å². The van der Waals surface area contributed by atoms with Crippen LogP contribution in [0.2, 0.25) is 0 Å². The van der Waals surface area contributed by atoms with E-state index in [1.165, 1.54) is 21.1 Å². The Balaban J connectivity index is 2.87. The van der Waals surface area contributed by atoms with Crippen LogP contribution < -0.4 is 15.2 Å². The van der Waals surface area contributed by atoms with Crippen LogP contribution in [-0.2, 0) is 20.7 Å². The highest BCUT2D eigenvalue weighted by molar-refractivity contribution is 9.10. The number of primary amides is 1. The van der Waals surface area contributed by atoms with E-state index >= 15 is 0 Å². The molecule has 0 unspecified atom stereocenters. The van der Waals surface area contributed by atoms with Gasteiger partial charge in [0.1, 0.15) is 0 Å². The van der Waals surface area contributed by atoms with E-state index in [4.69, 9.17) is 19.9 Å². The Bertz CT molecular complexity index is 518. The zero-order valence-corrected chi connectivity index (χ0v) is 13.0. The molecule has 1 aromatic carbocycles. The molecule has 20 heavy (non-hydrogen) atoms. The zero-order chi connectivity index (χ0) is 15.3. The van der Waals surface area contributed by atoms with Crippen molar-refractivity contribution in [2.24, 2.45) is 5.73 Å². The number of methoxy groups -OCH3 is 2. The summed E-state index contributed by atoms with van der Waals surface area (Å²) in [6.07, 6.45) is -0.972. The highest BCUT2D eigenvalue weighted by Crippen LogP contribution is 2.33. The summed E-state index contributed by atoms with van der Waals surface area (Å²) in [6.45, 7) is 1.42. The van der Waals surface area contributed by atoms with E-state index in [1.807, 2.05) is 0 Å². The molecular weight excluding hydrogens is 330 g/mol. The normalized spacial score (nSPS) is 11.6. The first-order chi connectivity index (χ1) is 9.38. The monoisotopic (exact) mass is 345 g/mol. The van der Waals surface area contributed by atoms with Crippen LogP contribution in [0, 0.1) is 0 Å². The molecule has 0 aliphatic carbocycles. The number of halogens is 1. The Morgan fingerprint density at radius 3 is 2.30 bits per heavy atom. The van der Waals surface area contributed by atoms with Gasteiger partial charge in [-0.1, -0.05) is 15.9 Å². The van der Waals surface area contributed by atoms with Crippen LogP contribution in [0.3, 0.4) is 0 Å². The standard InChI is InChI=1S/C13H16BrNO5/c1-7(13(15)17)20-12(16)5-8-4-10(18-2)11(19-3)6-9(8)14/h4,6-7H,5H2,1-3H3,(H2,15,17)/t7-/m0/s1. The Labute approximate surface area is 125 Å². The largest absolute Gasteiger partial charge is 0.493 e. The minimum absolute atomic E-state index is 0.0153. The van der Waals surface area contributed by atoms with Crippen LogP contribution in [0.15, 0.2) is 16.6 Å². The second-order valence-corrected chi connectivity index (χ2v) is 4.86. The molecule has 0 spiro atoms. The maximum Gasteiger partial charge on any atom is 0.311 e. The summed E-state index contributed by atoms with van der Waals surface area (Å²) < 4.78 is 15.9. The molecule has 2 N–H and O–H groups in total. The Morgan fingerprint density at radius 2 is 1.80 bits per heavy atom. The number of carbonyl (C=O) groups excluding carboxylic acids is 2. The fraction of sp³-hybridized carbons (Fsp3) is 0.385. The fourth-order valence-electron chi connectivity index (χ4n) is 1.48. The van der Waals surface area contributed by atoms with Crippen molar-refractivity contribution in [3.8, 4) is 11.5 Å². The van der Waals surface area contributed by atoms with Crippen LogP contribution in [0.1, 0.15) is 12.5 Å². The molecule has 0 aliphatic heterocycles. The molecule has 0 fully saturated rings. The summed E-state index contributed by atoms with van der Waals surface area (Å²) in [4.78, 5) is 22.5. The molecule has 0 saturated carbocycles. The van der Waals surface area contributed by atoms with Gasteiger partial charge < -0.3 is 19.9 Å². The summed E-state index contributed by atoms with van der Waals surface area (Å²) in [6, 6.07) is 3.36. The van der Waals surface area contributed by atoms with E-state index in [0.717, 1.165) is 0 Å². The number of ether oxygens (including phenoxy) is 3. The van der Waals surface area contributed by atoms with E-state index in [1.54, 1.807) is 12.1 Å². The summed E-state index contributed by atoms with van der Waals surface area (Å²) in [7, 11) is 3.02. The third-order valence-electron chi connectivity index (χ3n) is 2.60. The number of esters is 1. The second-order valence-electron chi connectivity index (χ2n) is 4.01. The van der Waals surface area contributed by atoms with Crippen molar-refractivity contribution in [1.29, 1.82) is 0 Å². The van der Waals surface area contributed by atoms with Crippen molar-refractivity contribution in [1.82, 2.24) is 0 Å². The van der Waals surface area contributed by atoms with Gasteiger partial charge in [0.05, 0.1) is 20.6 Å². The van der Waals surface area contributed by atoms with Gasteiger partial charge in [-0.25, -0.2) is 0 Å². The zero-order valence-electron chi connectivity index (χ0n) is 11.4. The summed E-state index contributed by atoms with van der Waals surface area (Å²) in [5, 5.41) is 0. The number of rotatable bonds is 6. The molecule has 0 radical (unpaired) electrons. The van der Waals surface area contributed by atoms with E-state index in [9.17, 15) is 9.59 Å². The highest BCUT2D eigenvalue weighted by atomic mass is 79.9. The number of amides is 1. The number of hydrogen-bond donors (Lipinski definition) is 1. The van der Waals surface area contributed by atoms with Gasteiger partial charge in [-0.15, -0.1) is 0 Å². The van der Waals surface area contributed by atoms with Crippen molar-refractivity contribution in [3.63, 3.8) is 0 Å². The lowest BCUT2D eigenvalue weighted by Crippen LogP contribution is -2.31. The lowest BCUT2D eigenvalue weighted by Gasteiger charge is -2.13. The molecule has 1 atom stereocenters. The number of nitrogens with two attached hydrogens (primary N) is 1. The molecule has 0 heterocycles. The number of carbonyl (C=O) groups is 2. The van der Waals surface area contributed by atoms with E-state index < -0.39 is 18.0 Å². The van der Waals surface area contributed by atoms with Crippen molar-refractivity contribution >= 4 is 27.8 Å². The van der Waals surface area contributed by atoms with Gasteiger partial charge in [0, 0.05) is 4.47 Å². The van der Waals surface area contributed by atoms with E-state index in [2.05, 4.69) is 15.9 Å². The molecule has 0 aliphatic rings. The minimum Gasteiger partial charge on any atom is -0.493 e. The molecule has 0 bridgehead atoms. The molecule has 6 nitrogen and oxygen atoms in total. The predicted molar refractivity (Wildman–Crippen MR) is 75.7 cm³/mol. The maximum atomic E-state index is 11.7. The first kappa shape index (κ1) is 16.3. The van der Waals surface area contributed by atoms with Gasteiger partial charge in [0.25, 0.3) is 5.91 Å². The van der Waals surface area contributed by atoms with E-state index in [-0.39, 0.29) is 6.42 Å². The van der Waals surface area contributed by atoms with Crippen molar-refractivity contribution < 1.29 is 23.8 Å². The SMILES string of the molecule is COc1cc(Br)c(CC(=O)O[C@@H](C)C(N)=O)cc1OC. The molecule has 1 aromatic rings. The third-order valence-corrected chi connectivity index (χ3v) is 3.33. The fourth-order valence-corrected chi connectivity index (χ4v) is 1.95. The van der Waals surface area contributed by atoms with Gasteiger partial charge in [0.2, 0.25) is 0 Å². The third kappa shape index (κ3) is 4.12. The minimum atomic E-state index is -0.957. The number of hydrogen-bond acceptors (Lipinski definition) is 5. The van der Waals surface area contributed by atoms with Gasteiger partial charge >= 0.3 is 5.97 Å². The average molecular weight is 346 g/mol. The molecule has 0 saturated heterocycles. The van der Waals surface area contributed by atoms with Gasteiger partial charge in [-0.3, -0.25) is 9.59 Å². The summed E-state index contributed by atoms with van der Waals surface area (Å²) in [5.41, 5.74) is 5.69. The first-order valence-corrected chi connectivity index (χ1v) is 6.57. The van der Waals surface area contributed by atoms with Gasteiger partial charge in [0.15, 0.2) is 17.6 Å². The highest BCUT2D eigenvalue weighted by Gasteiger charge is 2.17. The van der Waals surface area contributed by atoms with Crippen LogP contribution in [0.5, 0.6) is 11.5 Å². The van der Waals surface area contributed by atoms with Crippen LogP contribution in [-0.4, -0.2) is 32.2 Å². The second kappa shape index (κ2) is 7.14. The lowest BCUT2D eigenvalue weighted by atomic mass is 10.1. The summed E-state index contributed by atoms with van der Waals surface area (Å²) >= 11 is 3.34. The number of benzene rings is 1.